The molecule has 0 spiro atoms. The van der Waals surface area contributed by atoms with Crippen molar-refractivity contribution in [3.8, 4) is 0 Å². The van der Waals surface area contributed by atoms with Gasteiger partial charge < -0.3 is 0 Å². The molecule has 0 saturated carbocycles. The highest BCUT2D eigenvalue weighted by atomic mass is 127. The largest absolute Gasteiger partial charge is 0.294 e. The van der Waals surface area contributed by atoms with E-state index in [-0.39, 0.29) is 10.8 Å². The second kappa shape index (κ2) is 10.2. The van der Waals surface area contributed by atoms with Crippen LogP contribution in [0.2, 0.25) is 0 Å². The van der Waals surface area contributed by atoms with Crippen LogP contribution in [-0.2, 0) is 17.4 Å². The van der Waals surface area contributed by atoms with Crippen LogP contribution in [0, 0.1) is 7.14 Å². The molecule has 0 N–H and O–H groups in total. The summed E-state index contributed by atoms with van der Waals surface area (Å²) in [5.74, 6) is 0. The lowest BCUT2D eigenvalue weighted by Gasteiger charge is -2.26. The van der Waals surface area contributed by atoms with Gasteiger partial charge in [0, 0.05) is 25.9 Å². The van der Waals surface area contributed by atoms with Gasteiger partial charge >= 0.3 is 0 Å². The summed E-state index contributed by atoms with van der Waals surface area (Å²) < 4.78 is 2.64. The second-order valence-electron chi connectivity index (χ2n) is 10.9. The van der Waals surface area contributed by atoms with Crippen LogP contribution in [0.15, 0.2) is 41.4 Å². The Morgan fingerprint density at radius 1 is 0.903 bits per heavy atom. The molecule has 2 aromatic carbocycles. The Labute approximate surface area is 216 Å². The summed E-state index contributed by atoms with van der Waals surface area (Å²) in [7, 11) is 0. The fourth-order valence-corrected chi connectivity index (χ4v) is 6.19. The van der Waals surface area contributed by atoms with Gasteiger partial charge in [0.1, 0.15) is 0 Å². The third kappa shape index (κ3) is 7.26. The third-order valence-corrected chi connectivity index (χ3v) is 7.30. The van der Waals surface area contributed by atoms with Crippen LogP contribution in [0.25, 0.3) is 0 Å². The third-order valence-electron chi connectivity index (χ3n) is 6.05. The minimum atomic E-state index is 0.136. The van der Waals surface area contributed by atoms with E-state index in [1.165, 1.54) is 48.8 Å². The van der Waals surface area contributed by atoms with Crippen LogP contribution in [0.1, 0.15) is 76.6 Å². The van der Waals surface area contributed by atoms with Crippen molar-refractivity contribution in [3.05, 3.63) is 65.8 Å². The lowest BCUT2D eigenvalue weighted by molar-refractivity contribution is 0.251. The average molecular weight is 642 g/mol. The molecule has 1 unspecified atom stereocenters. The number of rotatable bonds is 5. The lowest BCUT2D eigenvalue weighted by Crippen LogP contribution is -2.31. The van der Waals surface area contributed by atoms with E-state index in [9.17, 15) is 0 Å². The van der Waals surface area contributed by atoms with Crippen molar-refractivity contribution in [2.45, 2.75) is 77.8 Å². The van der Waals surface area contributed by atoms with Crippen LogP contribution in [0.5, 0.6) is 0 Å². The van der Waals surface area contributed by atoms with E-state index in [4.69, 9.17) is 4.99 Å². The van der Waals surface area contributed by atoms with E-state index in [1.54, 1.807) is 0 Å². The maximum Gasteiger partial charge on any atom is 0.0545 e. The molecule has 1 saturated heterocycles. The van der Waals surface area contributed by atoms with Gasteiger partial charge in [-0.25, -0.2) is 0 Å². The maximum atomic E-state index is 4.93. The summed E-state index contributed by atoms with van der Waals surface area (Å²) in [6, 6.07) is 14.4. The minimum Gasteiger partial charge on any atom is -0.294 e. The molecule has 0 radical (unpaired) electrons. The molecule has 2 nitrogen and oxygen atoms in total. The lowest BCUT2D eigenvalue weighted by atomic mass is 9.79. The predicted octanol–water partition coefficient (Wildman–Crippen LogP) is 7.57. The van der Waals surface area contributed by atoms with E-state index >= 15 is 0 Å². The van der Waals surface area contributed by atoms with E-state index in [0.717, 1.165) is 13.1 Å². The highest BCUT2D eigenvalue weighted by molar-refractivity contribution is 14.1. The molecular weight excluding hydrogens is 606 g/mol. The molecule has 4 heteroatoms. The fourth-order valence-electron chi connectivity index (χ4n) is 4.12. The quantitative estimate of drug-likeness (QED) is 0.243. The van der Waals surface area contributed by atoms with Crippen molar-refractivity contribution in [1.82, 2.24) is 4.90 Å². The Bertz CT molecular complexity index is 883. The van der Waals surface area contributed by atoms with Gasteiger partial charge in [-0.3, -0.25) is 9.89 Å². The summed E-state index contributed by atoms with van der Waals surface area (Å²) in [4.78, 5) is 7.54. The van der Waals surface area contributed by atoms with Crippen LogP contribution in [0.3, 0.4) is 0 Å². The van der Waals surface area contributed by atoms with Gasteiger partial charge in [0.25, 0.3) is 0 Å². The van der Waals surface area contributed by atoms with Gasteiger partial charge in [-0.2, -0.15) is 0 Å². The summed E-state index contributed by atoms with van der Waals surface area (Å²) in [6.45, 7) is 16.8. The standard InChI is InChI=1S/C27H36I2N2/c1-26(2,3)21-10-19(11-22(14-21)27(4,5)6)16-30-17-25-8-7-9-31(25)18-20-12-23(28)15-24(29)13-20/h10-16,25H,7-9,17-18H2,1-6H3/b30-16+. The van der Waals surface area contributed by atoms with Gasteiger partial charge in [-0.05, 0) is 128 Å². The van der Waals surface area contributed by atoms with E-state index < -0.39 is 0 Å². The molecule has 31 heavy (non-hydrogen) atoms. The van der Waals surface area contributed by atoms with Gasteiger partial charge in [0.2, 0.25) is 0 Å². The van der Waals surface area contributed by atoms with Gasteiger partial charge in [0.05, 0.1) is 6.54 Å². The molecular formula is C27H36I2N2. The number of hydrogen-bond donors (Lipinski definition) is 0. The Kier molecular flexibility index (Phi) is 8.28. The molecule has 0 bridgehead atoms. The molecule has 1 heterocycles. The highest BCUT2D eigenvalue weighted by Crippen LogP contribution is 2.30. The average Bonchev–Trinajstić information content (AvgIpc) is 3.06. The van der Waals surface area contributed by atoms with Crippen molar-refractivity contribution in [2.75, 3.05) is 13.1 Å². The SMILES string of the molecule is CC(C)(C)c1cc(/C=N/CC2CCCN2Cc2cc(I)cc(I)c2)cc(C(C)(C)C)c1. The Morgan fingerprint density at radius 2 is 1.48 bits per heavy atom. The summed E-state index contributed by atoms with van der Waals surface area (Å²) in [6.07, 6.45) is 4.62. The molecule has 1 aliphatic rings. The number of halogens is 2. The summed E-state index contributed by atoms with van der Waals surface area (Å²) >= 11 is 4.84. The minimum absolute atomic E-state index is 0.136. The van der Waals surface area contributed by atoms with Crippen LogP contribution in [0.4, 0.5) is 0 Å². The molecule has 0 aliphatic carbocycles. The van der Waals surface area contributed by atoms with Crippen LogP contribution in [-0.4, -0.2) is 30.2 Å². The van der Waals surface area contributed by atoms with Crippen molar-refractivity contribution in [2.24, 2.45) is 4.99 Å². The van der Waals surface area contributed by atoms with E-state index in [2.05, 4.69) is 134 Å². The second-order valence-corrected chi connectivity index (χ2v) is 13.4. The Hall–Kier alpha value is -0.470. The zero-order chi connectivity index (χ0) is 22.8. The molecule has 1 atom stereocenters. The first kappa shape index (κ1) is 25.2. The van der Waals surface area contributed by atoms with Crippen molar-refractivity contribution >= 4 is 51.4 Å². The predicted molar refractivity (Wildman–Crippen MR) is 152 cm³/mol. The number of likely N-dealkylation sites (tertiary alicyclic amines) is 1. The Morgan fingerprint density at radius 3 is 2.03 bits per heavy atom. The van der Waals surface area contributed by atoms with E-state index in [0.29, 0.717) is 6.04 Å². The highest BCUT2D eigenvalue weighted by Gasteiger charge is 2.24. The monoisotopic (exact) mass is 642 g/mol. The zero-order valence-corrected chi connectivity index (χ0v) is 24.1. The number of nitrogens with zero attached hydrogens (tertiary/aromatic N) is 2. The first-order valence-electron chi connectivity index (χ1n) is 11.3. The van der Waals surface area contributed by atoms with Gasteiger partial charge in [0.15, 0.2) is 0 Å². The van der Waals surface area contributed by atoms with Crippen LogP contribution >= 0.6 is 45.2 Å². The summed E-state index contributed by atoms with van der Waals surface area (Å²) in [5, 5.41) is 0. The molecule has 168 valence electrons. The van der Waals surface area contributed by atoms with Gasteiger partial charge in [-0.1, -0.05) is 47.6 Å². The molecule has 3 rings (SSSR count). The normalized spacial score (nSPS) is 18.3. The number of benzene rings is 2. The smallest absolute Gasteiger partial charge is 0.0545 e. The molecule has 1 fully saturated rings. The molecule has 2 aromatic rings. The topological polar surface area (TPSA) is 15.6 Å². The van der Waals surface area contributed by atoms with Crippen molar-refractivity contribution in [1.29, 1.82) is 0 Å². The van der Waals surface area contributed by atoms with E-state index in [1.807, 2.05) is 0 Å². The molecule has 0 aromatic heterocycles. The Balaban J connectivity index is 1.73. The molecule has 1 aliphatic heterocycles. The van der Waals surface area contributed by atoms with Gasteiger partial charge in [-0.15, -0.1) is 0 Å². The van der Waals surface area contributed by atoms with Crippen molar-refractivity contribution < 1.29 is 0 Å². The number of hydrogen-bond acceptors (Lipinski definition) is 2. The maximum absolute atomic E-state index is 4.93. The summed E-state index contributed by atoms with van der Waals surface area (Å²) in [5.41, 5.74) is 5.69. The molecule has 0 amide bonds. The number of aliphatic imine (C=N–C) groups is 1. The zero-order valence-electron chi connectivity index (χ0n) is 19.8. The first-order valence-corrected chi connectivity index (χ1v) is 13.4. The fraction of sp³-hybridized carbons (Fsp3) is 0.519. The van der Waals surface area contributed by atoms with Crippen LogP contribution < -0.4 is 0 Å². The van der Waals surface area contributed by atoms with Crippen molar-refractivity contribution in [3.63, 3.8) is 0 Å². The first-order chi connectivity index (χ1) is 14.4.